The van der Waals surface area contributed by atoms with Gasteiger partial charge in [0.25, 0.3) is 0 Å². The average Bonchev–Trinajstić information content (AvgIpc) is 2.45. The molecule has 0 saturated carbocycles. The molecule has 1 amide bonds. The molecule has 2 heterocycles. The molecule has 1 aliphatic heterocycles. The molecule has 0 bridgehead atoms. The number of carbonyl (C=O) groups excluding carboxylic acids is 1. The van der Waals surface area contributed by atoms with E-state index in [0.29, 0.717) is 24.9 Å². The van der Waals surface area contributed by atoms with Crippen molar-refractivity contribution in [3.63, 3.8) is 0 Å². The lowest BCUT2D eigenvalue weighted by Gasteiger charge is -2.34. The van der Waals surface area contributed by atoms with Crippen molar-refractivity contribution in [2.45, 2.75) is 52.6 Å². The Balaban J connectivity index is 1.79. The highest BCUT2D eigenvalue weighted by Gasteiger charge is 2.27. The highest BCUT2D eigenvalue weighted by Crippen LogP contribution is 2.22. The fourth-order valence-corrected chi connectivity index (χ4v) is 2.92. The van der Waals surface area contributed by atoms with Gasteiger partial charge in [0.2, 0.25) is 11.2 Å². The Kier molecular flexibility index (Phi) is 6.27. The van der Waals surface area contributed by atoms with Crippen molar-refractivity contribution < 1.29 is 14.3 Å². The molecule has 1 aliphatic rings. The van der Waals surface area contributed by atoms with Gasteiger partial charge in [-0.05, 0) is 64.5 Å². The number of piperidine rings is 1. The summed E-state index contributed by atoms with van der Waals surface area (Å²) in [7, 11) is 0. The van der Waals surface area contributed by atoms with Crippen LogP contribution in [-0.4, -0.2) is 46.3 Å². The normalized spacial score (nSPS) is 18.4. The van der Waals surface area contributed by atoms with Gasteiger partial charge < -0.3 is 14.4 Å². The Morgan fingerprint density at radius 2 is 2.17 bits per heavy atom. The number of carbonyl (C=O) groups is 1. The topological polar surface area (TPSA) is 64.5 Å². The number of hydrogen-bond acceptors (Lipinski definition) is 5. The van der Waals surface area contributed by atoms with E-state index in [-0.39, 0.29) is 11.4 Å². The molecule has 24 heavy (non-hydrogen) atoms. The van der Waals surface area contributed by atoms with Crippen molar-refractivity contribution >= 4 is 17.7 Å². The van der Waals surface area contributed by atoms with Gasteiger partial charge in [-0.25, -0.2) is 9.78 Å². The largest absolute Gasteiger partial charge is 0.478 e. The molecule has 2 rings (SSSR count). The van der Waals surface area contributed by atoms with Crippen LogP contribution in [0.1, 0.15) is 45.7 Å². The lowest BCUT2D eigenvalue weighted by atomic mass is 9.95. The van der Waals surface area contributed by atoms with Gasteiger partial charge in [-0.15, -0.1) is 0 Å². The van der Waals surface area contributed by atoms with Gasteiger partial charge in [0, 0.05) is 24.8 Å². The number of nitrogens with zero attached hydrogens (tertiary/aromatic N) is 3. The zero-order valence-corrected chi connectivity index (χ0v) is 15.6. The quantitative estimate of drug-likeness (QED) is 0.767. The van der Waals surface area contributed by atoms with Crippen LogP contribution in [-0.2, 0) is 4.74 Å². The van der Waals surface area contributed by atoms with Crippen LogP contribution >= 0.6 is 11.6 Å². The summed E-state index contributed by atoms with van der Waals surface area (Å²) in [5.74, 6) is 0.900. The Morgan fingerprint density at radius 1 is 1.42 bits per heavy atom. The fraction of sp³-hybridized carbons (Fsp3) is 0.706. The van der Waals surface area contributed by atoms with Gasteiger partial charge in [0.1, 0.15) is 5.60 Å². The van der Waals surface area contributed by atoms with E-state index in [1.54, 1.807) is 11.0 Å². The first kappa shape index (κ1) is 18.8. The maximum Gasteiger partial charge on any atom is 0.410 e. The van der Waals surface area contributed by atoms with Crippen molar-refractivity contribution in [2.75, 3.05) is 19.7 Å². The minimum atomic E-state index is -0.461. The summed E-state index contributed by atoms with van der Waals surface area (Å²) < 4.78 is 11.1. The van der Waals surface area contributed by atoms with E-state index >= 15 is 0 Å². The predicted octanol–water partition coefficient (Wildman–Crippen LogP) is 3.85. The van der Waals surface area contributed by atoms with Crippen LogP contribution in [0.25, 0.3) is 0 Å². The van der Waals surface area contributed by atoms with Gasteiger partial charge in [-0.3, -0.25) is 0 Å². The van der Waals surface area contributed by atoms with E-state index < -0.39 is 5.60 Å². The Hall–Kier alpha value is -1.56. The first-order valence-electron chi connectivity index (χ1n) is 8.35. The summed E-state index contributed by atoms with van der Waals surface area (Å²) in [5.41, 5.74) is 0.316. The smallest absolute Gasteiger partial charge is 0.410 e. The monoisotopic (exact) mass is 355 g/mol. The van der Waals surface area contributed by atoms with Gasteiger partial charge >= 0.3 is 6.09 Å². The summed E-state index contributed by atoms with van der Waals surface area (Å²) >= 11 is 5.82. The van der Waals surface area contributed by atoms with Gasteiger partial charge in [-0.1, -0.05) is 0 Å². The maximum absolute atomic E-state index is 12.2. The van der Waals surface area contributed by atoms with E-state index in [1.165, 1.54) is 0 Å². The van der Waals surface area contributed by atoms with Crippen LogP contribution in [0, 0.1) is 12.8 Å². The van der Waals surface area contributed by atoms with Crippen LogP contribution in [0.5, 0.6) is 5.88 Å². The molecule has 7 heteroatoms. The molecule has 0 aliphatic carbocycles. The van der Waals surface area contributed by atoms with Crippen molar-refractivity contribution in [1.82, 2.24) is 14.9 Å². The van der Waals surface area contributed by atoms with Crippen LogP contribution < -0.4 is 4.74 Å². The van der Waals surface area contributed by atoms with E-state index in [9.17, 15) is 4.79 Å². The van der Waals surface area contributed by atoms with Crippen LogP contribution in [0.3, 0.4) is 0 Å². The molecule has 0 aromatic carbocycles. The summed E-state index contributed by atoms with van der Waals surface area (Å²) in [6, 6.07) is 1.76. The second kappa shape index (κ2) is 8.01. The van der Waals surface area contributed by atoms with Gasteiger partial charge in [-0.2, -0.15) is 4.98 Å². The average molecular weight is 356 g/mol. The molecule has 1 aromatic heterocycles. The van der Waals surface area contributed by atoms with E-state index in [4.69, 9.17) is 21.1 Å². The summed E-state index contributed by atoms with van der Waals surface area (Å²) in [6.07, 6.45) is 2.71. The van der Waals surface area contributed by atoms with E-state index in [0.717, 1.165) is 31.5 Å². The molecule has 0 radical (unpaired) electrons. The summed E-state index contributed by atoms with van der Waals surface area (Å²) in [5, 5.41) is 0.193. The SMILES string of the molecule is Cc1cc(OCC[C@@H]2CCCN(C(=O)OC(C)(C)C)C2)nc(Cl)n1. The zero-order chi connectivity index (χ0) is 17.7. The van der Waals surface area contributed by atoms with E-state index in [1.807, 2.05) is 27.7 Å². The number of likely N-dealkylation sites (tertiary alicyclic amines) is 1. The van der Waals surface area contributed by atoms with Crippen LogP contribution in [0.15, 0.2) is 6.07 Å². The molecule has 6 nitrogen and oxygen atoms in total. The number of aromatic nitrogens is 2. The maximum atomic E-state index is 12.2. The minimum absolute atomic E-state index is 0.193. The fourth-order valence-electron chi connectivity index (χ4n) is 2.70. The highest BCUT2D eigenvalue weighted by molar-refractivity contribution is 6.28. The van der Waals surface area contributed by atoms with Gasteiger partial charge in [0.15, 0.2) is 0 Å². The third-order valence-electron chi connectivity index (χ3n) is 3.75. The second-order valence-electron chi connectivity index (χ2n) is 7.19. The zero-order valence-electron chi connectivity index (χ0n) is 14.8. The number of halogens is 1. The van der Waals surface area contributed by atoms with Crippen molar-refractivity contribution in [2.24, 2.45) is 5.92 Å². The molecule has 1 fully saturated rings. The third kappa shape index (κ3) is 6.15. The lowest BCUT2D eigenvalue weighted by molar-refractivity contribution is 0.0154. The van der Waals surface area contributed by atoms with Crippen LogP contribution in [0.4, 0.5) is 4.79 Å². The molecule has 1 aromatic rings. The third-order valence-corrected chi connectivity index (χ3v) is 3.92. The Bertz CT molecular complexity index is 554. The lowest BCUT2D eigenvalue weighted by Crippen LogP contribution is -2.43. The Morgan fingerprint density at radius 3 is 2.83 bits per heavy atom. The van der Waals surface area contributed by atoms with Crippen molar-refractivity contribution in [3.8, 4) is 5.88 Å². The Labute approximate surface area is 148 Å². The van der Waals surface area contributed by atoms with Crippen LogP contribution in [0.2, 0.25) is 5.28 Å². The molecule has 0 unspecified atom stereocenters. The van der Waals surface area contributed by atoms with Crippen molar-refractivity contribution in [3.05, 3.63) is 17.0 Å². The summed E-state index contributed by atoms with van der Waals surface area (Å²) in [4.78, 5) is 22.0. The number of rotatable bonds is 4. The number of amides is 1. The molecule has 0 N–H and O–H groups in total. The predicted molar refractivity (Wildman–Crippen MR) is 92.4 cm³/mol. The van der Waals surface area contributed by atoms with Gasteiger partial charge in [0.05, 0.1) is 6.61 Å². The molecular weight excluding hydrogens is 330 g/mol. The summed E-state index contributed by atoms with van der Waals surface area (Å²) in [6.45, 7) is 9.51. The number of ether oxygens (including phenoxy) is 2. The van der Waals surface area contributed by atoms with Crippen molar-refractivity contribution in [1.29, 1.82) is 0 Å². The number of aryl methyl sites for hydroxylation is 1. The molecule has 0 spiro atoms. The molecule has 1 saturated heterocycles. The second-order valence-corrected chi connectivity index (χ2v) is 7.53. The first-order valence-corrected chi connectivity index (χ1v) is 8.72. The minimum Gasteiger partial charge on any atom is -0.478 e. The number of hydrogen-bond donors (Lipinski definition) is 0. The first-order chi connectivity index (χ1) is 11.2. The molecular formula is C17H26ClN3O3. The molecule has 1 atom stereocenters. The van der Waals surface area contributed by atoms with E-state index in [2.05, 4.69) is 9.97 Å². The standard InChI is InChI=1S/C17H26ClN3O3/c1-12-10-14(20-15(18)19-12)23-9-7-13-6-5-8-21(11-13)16(22)24-17(2,3)4/h10,13H,5-9,11H2,1-4H3/t13-/m0/s1. The highest BCUT2D eigenvalue weighted by atomic mass is 35.5. The molecule has 134 valence electrons.